The summed E-state index contributed by atoms with van der Waals surface area (Å²) in [5.74, 6) is -1.23. The van der Waals surface area contributed by atoms with Crippen molar-refractivity contribution in [3.63, 3.8) is 0 Å². The van der Waals surface area contributed by atoms with E-state index in [0.29, 0.717) is 0 Å². The number of fused-ring (bicyclic) bond motifs is 3. The number of hydrogen-bond acceptors (Lipinski definition) is 3. The summed E-state index contributed by atoms with van der Waals surface area (Å²) in [6.07, 6.45) is 1.11. The fourth-order valence-corrected chi connectivity index (χ4v) is 2.65. The number of ether oxygens (including phenoxy) is 1. The van der Waals surface area contributed by atoms with Crippen LogP contribution in [-0.4, -0.2) is 22.8 Å². The Balaban J connectivity index is 2.10. The molecular weight excluding hydrogens is 218 g/mol. The first kappa shape index (κ1) is 10.3. The second-order valence-corrected chi connectivity index (χ2v) is 4.44. The van der Waals surface area contributed by atoms with Crippen molar-refractivity contribution in [2.75, 3.05) is 0 Å². The Morgan fingerprint density at radius 2 is 2.12 bits per heavy atom. The maximum atomic E-state index is 11.8. The normalized spacial score (nSPS) is 26.5. The zero-order valence-corrected chi connectivity index (χ0v) is 9.55. The summed E-state index contributed by atoms with van der Waals surface area (Å²) in [5, 5.41) is 0. The molecule has 0 aliphatic carbocycles. The fraction of sp³-hybridized carbons (Fsp3) is 0.385. The first-order valence-corrected chi connectivity index (χ1v) is 5.83. The maximum absolute atomic E-state index is 11.8. The number of nitrogens with zero attached hydrogens (tertiary/aromatic N) is 1. The predicted molar refractivity (Wildman–Crippen MR) is 59.9 cm³/mol. The molecule has 3 rings (SSSR count). The van der Waals surface area contributed by atoms with Crippen molar-refractivity contribution in [2.24, 2.45) is 0 Å². The van der Waals surface area contributed by atoms with E-state index < -0.39 is 18.1 Å². The van der Waals surface area contributed by atoms with Crippen molar-refractivity contribution in [2.45, 2.75) is 32.0 Å². The van der Waals surface area contributed by atoms with Crippen molar-refractivity contribution >= 4 is 11.9 Å². The van der Waals surface area contributed by atoms with Crippen LogP contribution in [0.5, 0.6) is 0 Å². The Labute approximate surface area is 99.2 Å². The van der Waals surface area contributed by atoms with E-state index in [4.69, 9.17) is 4.74 Å². The Hall–Kier alpha value is -1.84. The van der Waals surface area contributed by atoms with Gasteiger partial charge in [-0.2, -0.15) is 0 Å². The number of amides is 1. The molecule has 1 saturated heterocycles. The van der Waals surface area contributed by atoms with E-state index in [-0.39, 0.29) is 6.04 Å². The summed E-state index contributed by atoms with van der Waals surface area (Å²) in [4.78, 5) is 24.8. The van der Waals surface area contributed by atoms with Crippen LogP contribution in [0.3, 0.4) is 0 Å². The van der Waals surface area contributed by atoms with Crippen LogP contribution in [0.25, 0.3) is 0 Å². The molecular formula is C13H13NO3. The highest BCUT2D eigenvalue weighted by Crippen LogP contribution is 2.38. The third-order valence-corrected chi connectivity index (χ3v) is 3.52. The van der Waals surface area contributed by atoms with E-state index in [2.05, 4.69) is 0 Å². The van der Waals surface area contributed by atoms with Crippen LogP contribution in [0.4, 0.5) is 0 Å². The number of benzene rings is 1. The van der Waals surface area contributed by atoms with Gasteiger partial charge in [-0.25, -0.2) is 4.79 Å². The van der Waals surface area contributed by atoms with E-state index in [1.807, 2.05) is 31.2 Å². The lowest BCUT2D eigenvalue weighted by atomic mass is 9.92. The fourth-order valence-electron chi connectivity index (χ4n) is 2.65. The van der Waals surface area contributed by atoms with Crippen molar-refractivity contribution in [3.05, 3.63) is 35.4 Å². The molecule has 0 radical (unpaired) electrons. The van der Waals surface area contributed by atoms with Gasteiger partial charge in [0, 0.05) is 11.6 Å². The smallest absolute Gasteiger partial charge is 0.399 e. The molecule has 2 aliphatic rings. The minimum Gasteiger partial charge on any atom is -0.430 e. The molecule has 4 heteroatoms. The van der Waals surface area contributed by atoms with Crippen LogP contribution >= 0.6 is 0 Å². The van der Waals surface area contributed by atoms with Gasteiger partial charge in [0.25, 0.3) is 0 Å². The average molecular weight is 231 g/mol. The molecule has 0 N–H and O–H groups in total. The summed E-state index contributed by atoms with van der Waals surface area (Å²) < 4.78 is 5.17. The highest BCUT2D eigenvalue weighted by Gasteiger charge is 2.47. The van der Waals surface area contributed by atoms with Crippen LogP contribution in [0.1, 0.15) is 30.7 Å². The van der Waals surface area contributed by atoms with Crippen molar-refractivity contribution in [1.29, 1.82) is 0 Å². The zero-order valence-electron chi connectivity index (χ0n) is 9.55. The zero-order chi connectivity index (χ0) is 12.0. The first-order chi connectivity index (χ1) is 8.22. The monoisotopic (exact) mass is 231 g/mol. The van der Waals surface area contributed by atoms with Gasteiger partial charge >= 0.3 is 11.9 Å². The lowest BCUT2D eigenvalue weighted by Crippen LogP contribution is -2.43. The van der Waals surface area contributed by atoms with Gasteiger partial charge in [-0.3, -0.25) is 9.69 Å². The Morgan fingerprint density at radius 1 is 1.35 bits per heavy atom. The number of carbonyl (C=O) groups excluding carboxylic acids is 2. The van der Waals surface area contributed by atoms with Crippen molar-refractivity contribution < 1.29 is 14.3 Å². The van der Waals surface area contributed by atoms with Crippen molar-refractivity contribution in [1.82, 2.24) is 4.90 Å². The summed E-state index contributed by atoms with van der Waals surface area (Å²) in [5.41, 5.74) is 2.11. The minimum absolute atomic E-state index is 0.0637. The highest BCUT2D eigenvalue weighted by molar-refractivity contribution is 6.34. The molecule has 4 nitrogen and oxygen atoms in total. The molecule has 1 fully saturated rings. The predicted octanol–water partition coefficient (Wildman–Crippen LogP) is 1.41. The van der Waals surface area contributed by atoms with Gasteiger partial charge in [0.05, 0.1) is 0 Å². The summed E-state index contributed by atoms with van der Waals surface area (Å²) in [6.45, 7) is 2.02. The Bertz CT molecular complexity index is 497. The number of rotatable bonds is 1. The van der Waals surface area contributed by atoms with Gasteiger partial charge in [0.2, 0.25) is 6.23 Å². The summed E-state index contributed by atoms with van der Waals surface area (Å²) in [6, 6.07) is 7.89. The molecule has 1 aromatic rings. The quantitative estimate of drug-likeness (QED) is 0.542. The summed E-state index contributed by atoms with van der Waals surface area (Å²) >= 11 is 0. The molecule has 0 saturated carbocycles. The topological polar surface area (TPSA) is 46.6 Å². The van der Waals surface area contributed by atoms with Gasteiger partial charge in [-0.15, -0.1) is 0 Å². The second-order valence-electron chi connectivity index (χ2n) is 4.44. The third-order valence-electron chi connectivity index (χ3n) is 3.52. The molecule has 1 aromatic carbocycles. The molecule has 17 heavy (non-hydrogen) atoms. The Kier molecular flexibility index (Phi) is 2.18. The lowest BCUT2D eigenvalue weighted by Gasteiger charge is -2.36. The number of carbonyl (C=O) groups is 2. The largest absolute Gasteiger partial charge is 0.430 e. The van der Waals surface area contributed by atoms with Gasteiger partial charge in [0.1, 0.15) is 0 Å². The van der Waals surface area contributed by atoms with Crippen LogP contribution in [0, 0.1) is 0 Å². The lowest BCUT2D eigenvalue weighted by molar-refractivity contribution is -0.149. The molecule has 1 amide bonds. The SMILES string of the molecule is CCC1Cc2ccccc2C2OC(=O)C(=O)N12. The van der Waals surface area contributed by atoms with E-state index in [1.54, 1.807) is 4.90 Å². The minimum atomic E-state index is -0.731. The standard InChI is InChI=1S/C13H13NO3/c1-2-9-7-8-5-3-4-6-10(8)12-14(9)11(15)13(16)17-12/h3-6,9,12H,2,7H2,1H3. The van der Waals surface area contributed by atoms with E-state index >= 15 is 0 Å². The second kappa shape index (κ2) is 3.58. The molecule has 2 unspecified atom stereocenters. The molecule has 2 atom stereocenters. The highest BCUT2D eigenvalue weighted by atomic mass is 16.6. The van der Waals surface area contributed by atoms with Crippen LogP contribution in [-0.2, 0) is 20.7 Å². The third kappa shape index (κ3) is 1.37. The Morgan fingerprint density at radius 3 is 2.88 bits per heavy atom. The molecule has 0 spiro atoms. The first-order valence-electron chi connectivity index (χ1n) is 5.83. The maximum Gasteiger partial charge on any atom is 0.399 e. The van der Waals surface area contributed by atoms with E-state index in [1.165, 1.54) is 5.56 Å². The van der Waals surface area contributed by atoms with Crippen LogP contribution in [0.2, 0.25) is 0 Å². The van der Waals surface area contributed by atoms with Crippen LogP contribution < -0.4 is 0 Å². The molecule has 88 valence electrons. The van der Waals surface area contributed by atoms with Gasteiger partial charge in [-0.05, 0) is 18.4 Å². The van der Waals surface area contributed by atoms with Crippen LogP contribution in [0.15, 0.2) is 24.3 Å². The molecule has 2 heterocycles. The van der Waals surface area contributed by atoms with Gasteiger partial charge < -0.3 is 4.74 Å². The van der Waals surface area contributed by atoms with Crippen molar-refractivity contribution in [3.8, 4) is 0 Å². The molecule has 0 aromatic heterocycles. The molecule has 0 bridgehead atoms. The summed E-state index contributed by atoms with van der Waals surface area (Å²) in [7, 11) is 0. The van der Waals surface area contributed by atoms with Gasteiger partial charge in [-0.1, -0.05) is 31.2 Å². The number of esters is 1. The van der Waals surface area contributed by atoms with E-state index in [0.717, 1.165) is 18.4 Å². The van der Waals surface area contributed by atoms with Gasteiger partial charge in [0.15, 0.2) is 0 Å². The number of hydrogen-bond donors (Lipinski definition) is 0. The van der Waals surface area contributed by atoms with E-state index in [9.17, 15) is 9.59 Å². The average Bonchev–Trinajstić information content (AvgIpc) is 2.65. The molecule has 2 aliphatic heterocycles.